The van der Waals surface area contributed by atoms with E-state index in [-0.39, 0.29) is 0 Å². The van der Waals surface area contributed by atoms with E-state index >= 15 is 0 Å². The number of para-hydroxylation sites is 1. The summed E-state index contributed by atoms with van der Waals surface area (Å²) in [6.07, 6.45) is 2.76. The number of piperazine rings is 1. The van der Waals surface area contributed by atoms with Gasteiger partial charge in [0.2, 0.25) is 0 Å². The molecule has 0 radical (unpaired) electrons. The van der Waals surface area contributed by atoms with Crippen LogP contribution < -0.4 is 10.2 Å². The molecule has 0 saturated carbocycles. The number of hydrogen-bond donors (Lipinski definition) is 1. The third-order valence-corrected chi connectivity index (χ3v) is 4.79. The minimum atomic E-state index is 0.708. The van der Waals surface area contributed by atoms with Crippen LogP contribution >= 0.6 is 0 Å². The normalized spacial score (nSPS) is 22.8. The molecule has 2 aliphatic rings. The Kier molecular flexibility index (Phi) is 4.81. The summed E-state index contributed by atoms with van der Waals surface area (Å²) in [5, 5.41) is 3.59. The van der Waals surface area contributed by atoms with Crippen LogP contribution in [0, 0.1) is 5.92 Å². The van der Waals surface area contributed by atoms with E-state index in [2.05, 4.69) is 53.2 Å². The first kappa shape index (κ1) is 14.9. The summed E-state index contributed by atoms with van der Waals surface area (Å²) in [6, 6.07) is 9.72. The maximum Gasteiger partial charge on any atom is 0.0412 e. The summed E-state index contributed by atoms with van der Waals surface area (Å²) in [6.45, 7) is 11.5. The summed E-state index contributed by atoms with van der Waals surface area (Å²) in [7, 11) is 0. The summed E-state index contributed by atoms with van der Waals surface area (Å²) in [5.74, 6) is 0.708. The highest BCUT2D eigenvalue weighted by Gasteiger charge is 2.31. The van der Waals surface area contributed by atoms with Crippen LogP contribution in [0.25, 0.3) is 0 Å². The molecular formula is C18H29N3. The first-order valence-corrected chi connectivity index (χ1v) is 8.51. The molecule has 116 valence electrons. The fourth-order valence-corrected chi connectivity index (χ4v) is 3.67. The number of rotatable bonds is 5. The Morgan fingerprint density at radius 1 is 1.19 bits per heavy atom. The molecule has 0 amide bonds. The van der Waals surface area contributed by atoms with E-state index in [1.165, 1.54) is 50.3 Å². The van der Waals surface area contributed by atoms with Crippen LogP contribution in [0.3, 0.4) is 0 Å². The third-order valence-electron chi connectivity index (χ3n) is 4.79. The van der Waals surface area contributed by atoms with Crippen molar-refractivity contribution in [3.63, 3.8) is 0 Å². The molecular weight excluding hydrogens is 258 g/mol. The maximum atomic E-state index is 3.59. The first-order chi connectivity index (χ1) is 10.2. The molecule has 2 saturated heterocycles. The lowest BCUT2D eigenvalue weighted by atomic mass is 10.1. The molecule has 2 heterocycles. The quantitative estimate of drug-likeness (QED) is 0.898. The van der Waals surface area contributed by atoms with Crippen LogP contribution in [-0.4, -0.2) is 43.7 Å². The van der Waals surface area contributed by atoms with Crippen molar-refractivity contribution in [2.75, 3.05) is 37.6 Å². The molecule has 3 rings (SSSR count). The number of benzene rings is 1. The van der Waals surface area contributed by atoms with Gasteiger partial charge in [0.1, 0.15) is 0 Å². The van der Waals surface area contributed by atoms with Gasteiger partial charge in [-0.3, -0.25) is 4.90 Å². The van der Waals surface area contributed by atoms with Crippen molar-refractivity contribution in [3.05, 3.63) is 29.8 Å². The lowest BCUT2D eigenvalue weighted by Gasteiger charge is -2.39. The second-order valence-corrected chi connectivity index (χ2v) is 6.93. The van der Waals surface area contributed by atoms with Crippen LogP contribution in [0.15, 0.2) is 24.3 Å². The molecule has 0 spiro atoms. The third kappa shape index (κ3) is 3.58. The highest BCUT2D eigenvalue weighted by Crippen LogP contribution is 2.27. The van der Waals surface area contributed by atoms with Crippen molar-refractivity contribution >= 4 is 5.69 Å². The zero-order valence-electron chi connectivity index (χ0n) is 13.5. The van der Waals surface area contributed by atoms with Crippen molar-refractivity contribution in [2.45, 2.75) is 39.3 Å². The van der Waals surface area contributed by atoms with Gasteiger partial charge in [-0.05, 0) is 43.5 Å². The summed E-state index contributed by atoms with van der Waals surface area (Å²) < 4.78 is 0. The molecule has 2 fully saturated rings. The van der Waals surface area contributed by atoms with Gasteiger partial charge in [-0.2, -0.15) is 0 Å². The molecule has 3 heteroatoms. The Balaban J connectivity index is 1.66. The van der Waals surface area contributed by atoms with Crippen LogP contribution in [0.5, 0.6) is 0 Å². The van der Waals surface area contributed by atoms with Crippen molar-refractivity contribution in [1.29, 1.82) is 0 Å². The van der Waals surface area contributed by atoms with E-state index < -0.39 is 0 Å². The fraction of sp³-hybridized carbons (Fsp3) is 0.667. The number of anilines is 1. The van der Waals surface area contributed by atoms with Crippen LogP contribution in [0.1, 0.15) is 32.3 Å². The Morgan fingerprint density at radius 3 is 2.90 bits per heavy atom. The highest BCUT2D eigenvalue weighted by molar-refractivity contribution is 5.54. The lowest BCUT2D eigenvalue weighted by molar-refractivity contribution is 0.231. The van der Waals surface area contributed by atoms with E-state index in [1.807, 2.05) is 0 Å². The molecule has 1 N–H and O–H groups in total. The van der Waals surface area contributed by atoms with E-state index in [0.717, 1.165) is 19.1 Å². The average molecular weight is 287 g/mol. The second-order valence-electron chi connectivity index (χ2n) is 6.93. The molecule has 1 atom stereocenters. The van der Waals surface area contributed by atoms with Crippen LogP contribution in [0.4, 0.5) is 5.69 Å². The van der Waals surface area contributed by atoms with Gasteiger partial charge in [0.05, 0.1) is 0 Å². The molecule has 2 aliphatic heterocycles. The molecule has 1 unspecified atom stereocenters. The number of fused-ring (bicyclic) bond motifs is 1. The molecule has 21 heavy (non-hydrogen) atoms. The van der Waals surface area contributed by atoms with Gasteiger partial charge < -0.3 is 10.2 Å². The highest BCUT2D eigenvalue weighted by atomic mass is 15.3. The summed E-state index contributed by atoms with van der Waals surface area (Å²) in [5.41, 5.74) is 2.89. The van der Waals surface area contributed by atoms with Crippen LogP contribution in [0.2, 0.25) is 0 Å². The van der Waals surface area contributed by atoms with Crippen molar-refractivity contribution in [3.8, 4) is 0 Å². The van der Waals surface area contributed by atoms with Crippen molar-refractivity contribution in [1.82, 2.24) is 10.2 Å². The monoisotopic (exact) mass is 287 g/mol. The first-order valence-electron chi connectivity index (χ1n) is 8.51. The SMILES string of the molecule is CC(C)CNCc1ccccc1N1CCN2CCCC2C1. The van der Waals surface area contributed by atoms with Crippen LogP contribution in [-0.2, 0) is 6.54 Å². The standard InChI is InChI=1S/C18H29N3/c1-15(2)12-19-13-16-6-3-4-8-18(16)21-11-10-20-9-5-7-17(20)14-21/h3-4,6,8,15,17,19H,5,7,9-14H2,1-2H3. The Morgan fingerprint density at radius 2 is 2.05 bits per heavy atom. The van der Waals surface area contributed by atoms with Gasteiger partial charge in [-0.1, -0.05) is 32.0 Å². The van der Waals surface area contributed by atoms with Crippen molar-refractivity contribution < 1.29 is 0 Å². The van der Waals surface area contributed by atoms with E-state index in [4.69, 9.17) is 0 Å². The van der Waals surface area contributed by atoms with Gasteiger partial charge in [0.15, 0.2) is 0 Å². The minimum absolute atomic E-state index is 0.708. The fourth-order valence-electron chi connectivity index (χ4n) is 3.67. The Hall–Kier alpha value is -1.06. The van der Waals surface area contributed by atoms with Gasteiger partial charge in [0, 0.05) is 37.9 Å². The number of nitrogens with zero attached hydrogens (tertiary/aromatic N) is 2. The lowest BCUT2D eigenvalue weighted by Crippen LogP contribution is -2.50. The van der Waals surface area contributed by atoms with Gasteiger partial charge in [0.25, 0.3) is 0 Å². The second kappa shape index (κ2) is 6.80. The molecule has 0 aromatic heterocycles. The van der Waals surface area contributed by atoms with E-state index in [0.29, 0.717) is 5.92 Å². The largest absolute Gasteiger partial charge is 0.368 e. The minimum Gasteiger partial charge on any atom is -0.368 e. The summed E-state index contributed by atoms with van der Waals surface area (Å²) >= 11 is 0. The number of nitrogens with one attached hydrogen (secondary N) is 1. The maximum absolute atomic E-state index is 3.59. The average Bonchev–Trinajstić information content (AvgIpc) is 2.95. The molecule has 1 aromatic rings. The molecule has 0 bridgehead atoms. The van der Waals surface area contributed by atoms with Crippen molar-refractivity contribution in [2.24, 2.45) is 5.92 Å². The summed E-state index contributed by atoms with van der Waals surface area (Å²) in [4.78, 5) is 5.29. The molecule has 3 nitrogen and oxygen atoms in total. The van der Waals surface area contributed by atoms with Gasteiger partial charge in [-0.25, -0.2) is 0 Å². The zero-order valence-corrected chi connectivity index (χ0v) is 13.5. The topological polar surface area (TPSA) is 18.5 Å². The van der Waals surface area contributed by atoms with Gasteiger partial charge >= 0.3 is 0 Å². The Labute approximate surface area is 129 Å². The van der Waals surface area contributed by atoms with E-state index in [9.17, 15) is 0 Å². The van der Waals surface area contributed by atoms with E-state index in [1.54, 1.807) is 0 Å². The van der Waals surface area contributed by atoms with Gasteiger partial charge in [-0.15, -0.1) is 0 Å². The zero-order chi connectivity index (χ0) is 14.7. The smallest absolute Gasteiger partial charge is 0.0412 e. The predicted octanol–water partition coefficient (Wildman–Crippen LogP) is 2.72. The number of hydrogen-bond acceptors (Lipinski definition) is 3. The Bertz CT molecular complexity index is 458. The molecule has 1 aromatic carbocycles. The molecule has 0 aliphatic carbocycles. The predicted molar refractivity (Wildman–Crippen MR) is 89.8 cm³/mol.